The summed E-state index contributed by atoms with van der Waals surface area (Å²) in [5.41, 5.74) is 0.475. The van der Waals surface area contributed by atoms with Crippen molar-refractivity contribution in [2.45, 2.75) is 12.6 Å². The van der Waals surface area contributed by atoms with Crippen molar-refractivity contribution >= 4 is 0 Å². The second kappa shape index (κ2) is 4.75. The molecule has 1 aliphatic rings. The Bertz CT molecular complexity index is 447. The van der Waals surface area contributed by atoms with E-state index in [4.69, 9.17) is 15.3 Å². The van der Waals surface area contributed by atoms with E-state index in [1.54, 1.807) is 4.57 Å². The summed E-state index contributed by atoms with van der Waals surface area (Å²) in [7, 11) is 0. The SMILES string of the molecule is N#Cc1ncn(CC2CNCCO2)c1C#N. The molecule has 0 spiro atoms. The van der Waals surface area contributed by atoms with Gasteiger partial charge in [0.1, 0.15) is 12.1 Å². The lowest BCUT2D eigenvalue weighted by molar-refractivity contribution is 0.0181. The smallest absolute Gasteiger partial charge is 0.176 e. The van der Waals surface area contributed by atoms with E-state index in [0.29, 0.717) is 18.8 Å². The van der Waals surface area contributed by atoms with Crippen LogP contribution in [0.1, 0.15) is 11.4 Å². The van der Waals surface area contributed by atoms with Gasteiger partial charge in [-0.05, 0) is 0 Å². The van der Waals surface area contributed by atoms with Crippen molar-refractivity contribution in [1.29, 1.82) is 10.5 Å². The quantitative estimate of drug-likeness (QED) is 0.729. The maximum Gasteiger partial charge on any atom is 0.176 e. The van der Waals surface area contributed by atoms with Crippen molar-refractivity contribution in [1.82, 2.24) is 14.9 Å². The number of nitrogens with one attached hydrogen (secondary N) is 1. The van der Waals surface area contributed by atoms with Crippen molar-refractivity contribution in [3.63, 3.8) is 0 Å². The summed E-state index contributed by atoms with van der Waals surface area (Å²) in [4.78, 5) is 3.87. The topological polar surface area (TPSA) is 86.7 Å². The minimum absolute atomic E-state index is 0.0293. The Hall–Kier alpha value is -1.89. The number of aromatic nitrogens is 2. The van der Waals surface area contributed by atoms with Crippen LogP contribution in [0.25, 0.3) is 0 Å². The Balaban J connectivity index is 2.12. The van der Waals surface area contributed by atoms with Crippen molar-refractivity contribution in [3.8, 4) is 12.1 Å². The summed E-state index contributed by atoms with van der Waals surface area (Å²) < 4.78 is 7.18. The lowest BCUT2D eigenvalue weighted by Crippen LogP contribution is -2.40. The van der Waals surface area contributed by atoms with Gasteiger partial charge in [-0.3, -0.25) is 0 Å². The largest absolute Gasteiger partial charge is 0.374 e. The minimum atomic E-state index is 0.0293. The molecule has 16 heavy (non-hydrogen) atoms. The third-order valence-electron chi connectivity index (χ3n) is 2.45. The molecule has 1 fully saturated rings. The highest BCUT2D eigenvalue weighted by Crippen LogP contribution is 2.08. The average molecular weight is 217 g/mol. The Morgan fingerprint density at radius 1 is 1.56 bits per heavy atom. The van der Waals surface area contributed by atoms with Gasteiger partial charge in [0.15, 0.2) is 11.4 Å². The van der Waals surface area contributed by atoms with Crippen molar-refractivity contribution in [2.24, 2.45) is 0 Å². The first-order valence-corrected chi connectivity index (χ1v) is 5.03. The normalized spacial score (nSPS) is 20.0. The number of nitriles is 2. The molecule has 6 nitrogen and oxygen atoms in total. The third kappa shape index (κ3) is 2.03. The predicted octanol–water partition coefficient (Wildman–Crippen LogP) is -0.385. The van der Waals surface area contributed by atoms with Crippen LogP contribution in [0.3, 0.4) is 0 Å². The molecule has 2 heterocycles. The maximum atomic E-state index is 8.93. The van der Waals surface area contributed by atoms with E-state index in [-0.39, 0.29) is 11.8 Å². The Labute approximate surface area is 93.1 Å². The van der Waals surface area contributed by atoms with Crippen LogP contribution >= 0.6 is 0 Å². The standard InChI is InChI=1S/C10H11N5O/c11-3-9-10(4-12)15(7-14-9)6-8-5-13-1-2-16-8/h7-8,13H,1-2,5-6H2. The summed E-state index contributed by atoms with van der Waals surface area (Å²) in [6.45, 7) is 2.83. The van der Waals surface area contributed by atoms with Gasteiger partial charge in [0, 0.05) is 13.1 Å². The van der Waals surface area contributed by atoms with E-state index < -0.39 is 0 Å². The third-order valence-corrected chi connectivity index (χ3v) is 2.45. The second-order valence-corrected chi connectivity index (χ2v) is 3.51. The fourth-order valence-electron chi connectivity index (χ4n) is 1.68. The summed E-state index contributed by atoms with van der Waals surface area (Å²) in [5, 5.41) is 20.9. The van der Waals surface area contributed by atoms with Gasteiger partial charge >= 0.3 is 0 Å². The highest BCUT2D eigenvalue weighted by Gasteiger charge is 2.17. The molecule has 1 aromatic heterocycles. The first-order valence-electron chi connectivity index (χ1n) is 5.03. The predicted molar refractivity (Wildman–Crippen MR) is 54.3 cm³/mol. The van der Waals surface area contributed by atoms with Gasteiger partial charge in [-0.2, -0.15) is 10.5 Å². The average Bonchev–Trinajstić information content (AvgIpc) is 2.72. The van der Waals surface area contributed by atoms with Gasteiger partial charge in [0.25, 0.3) is 0 Å². The van der Waals surface area contributed by atoms with Gasteiger partial charge in [-0.1, -0.05) is 0 Å². The van der Waals surface area contributed by atoms with E-state index in [1.165, 1.54) is 6.33 Å². The van der Waals surface area contributed by atoms with Crippen molar-refractivity contribution in [3.05, 3.63) is 17.7 Å². The molecule has 2 rings (SSSR count). The first-order chi connectivity index (χ1) is 7.85. The lowest BCUT2D eigenvalue weighted by atomic mass is 10.3. The molecule has 1 atom stereocenters. The summed E-state index contributed by atoms with van der Waals surface area (Å²) >= 11 is 0. The zero-order chi connectivity index (χ0) is 11.4. The molecule has 0 aliphatic carbocycles. The zero-order valence-corrected chi connectivity index (χ0v) is 8.68. The molecule has 0 aromatic carbocycles. The van der Waals surface area contributed by atoms with Gasteiger partial charge in [0.05, 0.1) is 25.6 Å². The Kier molecular flexibility index (Phi) is 3.16. The first kappa shape index (κ1) is 10.6. The fraction of sp³-hybridized carbons (Fsp3) is 0.500. The number of hydrogen-bond acceptors (Lipinski definition) is 5. The molecule has 82 valence electrons. The fourth-order valence-corrected chi connectivity index (χ4v) is 1.68. The molecule has 0 amide bonds. The maximum absolute atomic E-state index is 8.93. The number of ether oxygens (including phenoxy) is 1. The van der Waals surface area contributed by atoms with Crippen LogP contribution in [-0.4, -0.2) is 35.4 Å². The molecule has 1 unspecified atom stereocenters. The highest BCUT2D eigenvalue weighted by atomic mass is 16.5. The summed E-state index contributed by atoms with van der Waals surface area (Å²) in [6, 6.07) is 3.88. The Morgan fingerprint density at radius 3 is 3.06 bits per heavy atom. The van der Waals surface area contributed by atoms with E-state index in [1.807, 2.05) is 12.1 Å². The second-order valence-electron chi connectivity index (χ2n) is 3.51. The van der Waals surface area contributed by atoms with E-state index in [2.05, 4.69) is 10.3 Å². The summed E-state index contributed by atoms with van der Waals surface area (Å²) in [5.74, 6) is 0. The molecular formula is C10H11N5O. The highest BCUT2D eigenvalue weighted by molar-refractivity contribution is 5.36. The number of imidazole rings is 1. The molecule has 1 N–H and O–H groups in total. The zero-order valence-electron chi connectivity index (χ0n) is 8.68. The Morgan fingerprint density at radius 2 is 2.44 bits per heavy atom. The molecule has 1 saturated heterocycles. The molecule has 1 aromatic rings. The van der Waals surface area contributed by atoms with Crippen molar-refractivity contribution in [2.75, 3.05) is 19.7 Å². The number of rotatable bonds is 2. The van der Waals surface area contributed by atoms with Crippen LogP contribution in [0, 0.1) is 22.7 Å². The van der Waals surface area contributed by atoms with Crippen LogP contribution in [0.4, 0.5) is 0 Å². The monoisotopic (exact) mass is 217 g/mol. The van der Waals surface area contributed by atoms with E-state index in [0.717, 1.165) is 13.1 Å². The van der Waals surface area contributed by atoms with Crippen LogP contribution in [-0.2, 0) is 11.3 Å². The van der Waals surface area contributed by atoms with Crippen LogP contribution in [0.5, 0.6) is 0 Å². The minimum Gasteiger partial charge on any atom is -0.374 e. The molecule has 0 bridgehead atoms. The van der Waals surface area contributed by atoms with Crippen molar-refractivity contribution < 1.29 is 4.74 Å². The molecule has 0 saturated carbocycles. The van der Waals surface area contributed by atoms with Gasteiger partial charge in [0.2, 0.25) is 0 Å². The molecular weight excluding hydrogens is 206 g/mol. The molecule has 6 heteroatoms. The van der Waals surface area contributed by atoms with E-state index in [9.17, 15) is 0 Å². The number of nitrogens with zero attached hydrogens (tertiary/aromatic N) is 4. The molecule has 0 radical (unpaired) electrons. The van der Waals surface area contributed by atoms with Crippen LogP contribution in [0.15, 0.2) is 6.33 Å². The number of hydrogen-bond donors (Lipinski definition) is 1. The van der Waals surface area contributed by atoms with E-state index >= 15 is 0 Å². The van der Waals surface area contributed by atoms with Gasteiger partial charge < -0.3 is 14.6 Å². The number of morpholine rings is 1. The van der Waals surface area contributed by atoms with Gasteiger partial charge in [-0.15, -0.1) is 0 Å². The lowest BCUT2D eigenvalue weighted by Gasteiger charge is -2.23. The molecule has 1 aliphatic heterocycles. The van der Waals surface area contributed by atoms with Gasteiger partial charge in [-0.25, -0.2) is 4.98 Å². The summed E-state index contributed by atoms with van der Waals surface area (Å²) in [6.07, 6.45) is 1.54. The van der Waals surface area contributed by atoms with Crippen LogP contribution in [0.2, 0.25) is 0 Å². The van der Waals surface area contributed by atoms with Crippen LogP contribution < -0.4 is 5.32 Å².